The van der Waals surface area contributed by atoms with Crippen molar-refractivity contribution in [2.75, 3.05) is 12.3 Å². The monoisotopic (exact) mass is 446 g/mol. The number of fused-ring (bicyclic) bond motifs is 1. The standard InChI is InChI=1S/C25H26N4O4/c26-24-25-28-13-19(29(25)12-11-27-24)22-21(30)23(32-15-18-9-5-2-6-10-18)20(33-22)16-31-14-17-7-3-1-4-8-17/h1-13,20-23,30H,14-16H2,(H2,26,27)/t20?,21-,22?,23+/m0/s1. The second kappa shape index (κ2) is 9.68. The Bertz CT molecular complexity index is 1180. The second-order valence-electron chi connectivity index (χ2n) is 8.04. The highest BCUT2D eigenvalue weighted by molar-refractivity contribution is 5.60. The third-order valence-corrected chi connectivity index (χ3v) is 5.79. The quantitative estimate of drug-likeness (QED) is 0.429. The van der Waals surface area contributed by atoms with E-state index in [-0.39, 0.29) is 6.61 Å². The van der Waals surface area contributed by atoms with E-state index in [4.69, 9.17) is 19.9 Å². The van der Waals surface area contributed by atoms with Gasteiger partial charge in [-0.05, 0) is 11.1 Å². The van der Waals surface area contributed by atoms with Gasteiger partial charge in [-0.3, -0.25) is 4.40 Å². The van der Waals surface area contributed by atoms with Crippen molar-refractivity contribution in [2.24, 2.45) is 0 Å². The van der Waals surface area contributed by atoms with Gasteiger partial charge in [0.1, 0.15) is 24.4 Å². The second-order valence-corrected chi connectivity index (χ2v) is 8.04. The van der Waals surface area contributed by atoms with Gasteiger partial charge in [-0.1, -0.05) is 60.7 Å². The molecule has 0 radical (unpaired) electrons. The van der Waals surface area contributed by atoms with E-state index in [0.717, 1.165) is 11.1 Å². The number of nitrogens with zero attached hydrogens (tertiary/aromatic N) is 3. The van der Waals surface area contributed by atoms with Crippen molar-refractivity contribution >= 4 is 11.5 Å². The molecule has 8 nitrogen and oxygen atoms in total. The Morgan fingerprint density at radius 3 is 2.39 bits per heavy atom. The molecule has 0 aliphatic carbocycles. The minimum absolute atomic E-state index is 0.280. The smallest absolute Gasteiger partial charge is 0.180 e. The molecule has 2 aromatic heterocycles. The Balaban J connectivity index is 1.35. The molecule has 2 unspecified atom stereocenters. The summed E-state index contributed by atoms with van der Waals surface area (Å²) in [6, 6.07) is 19.8. The van der Waals surface area contributed by atoms with E-state index < -0.39 is 24.4 Å². The summed E-state index contributed by atoms with van der Waals surface area (Å²) in [6.45, 7) is 1.09. The largest absolute Gasteiger partial charge is 0.387 e. The van der Waals surface area contributed by atoms with E-state index in [9.17, 15) is 5.11 Å². The Labute approximate surface area is 191 Å². The van der Waals surface area contributed by atoms with Gasteiger partial charge in [-0.25, -0.2) is 9.97 Å². The van der Waals surface area contributed by atoms with E-state index in [1.165, 1.54) is 0 Å². The number of imidazole rings is 1. The lowest BCUT2D eigenvalue weighted by Crippen LogP contribution is -2.36. The predicted octanol–water partition coefficient (Wildman–Crippen LogP) is 2.91. The van der Waals surface area contributed by atoms with Crippen LogP contribution in [0.4, 0.5) is 5.82 Å². The molecule has 4 aromatic rings. The molecule has 0 amide bonds. The molecule has 0 bridgehead atoms. The van der Waals surface area contributed by atoms with Crippen LogP contribution < -0.4 is 5.73 Å². The molecule has 3 N–H and O–H groups in total. The molecular weight excluding hydrogens is 420 g/mol. The summed E-state index contributed by atoms with van der Waals surface area (Å²) < 4.78 is 20.2. The van der Waals surface area contributed by atoms with Crippen LogP contribution in [0.25, 0.3) is 5.65 Å². The minimum atomic E-state index is -0.909. The molecule has 4 atom stereocenters. The fraction of sp³-hybridized carbons (Fsp3) is 0.280. The molecule has 170 valence electrons. The number of aromatic nitrogens is 3. The van der Waals surface area contributed by atoms with Gasteiger partial charge in [0.25, 0.3) is 0 Å². The van der Waals surface area contributed by atoms with Crippen LogP contribution in [0.5, 0.6) is 0 Å². The summed E-state index contributed by atoms with van der Waals surface area (Å²) in [7, 11) is 0. The van der Waals surface area contributed by atoms with Crippen LogP contribution >= 0.6 is 0 Å². The maximum Gasteiger partial charge on any atom is 0.180 e. The van der Waals surface area contributed by atoms with E-state index in [1.807, 2.05) is 60.7 Å². The number of ether oxygens (including phenoxy) is 3. The van der Waals surface area contributed by atoms with Gasteiger partial charge in [-0.2, -0.15) is 0 Å². The SMILES string of the molecule is Nc1nccn2c(C3OC(COCc4ccccc4)[C@@H](OCc4ccccc4)[C@H]3O)cnc12. The first-order valence-corrected chi connectivity index (χ1v) is 10.9. The molecule has 33 heavy (non-hydrogen) atoms. The van der Waals surface area contributed by atoms with Crippen molar-refractivity contribution in [1.29, 1.82) is 0 Å². The van der Waals surface area contributed by atoms with Crippen LogP contribution in [-0.2, 0) is 27.4 Å². The lowest BCUT2D eigenvalue weighted by Gasteiger charge is -2.21. The summed E-state index contributed by atoms with van der Waals surface area (Å²) in [5, 5.41) is 11.2. The lowest BCUT2D eigenvalue weighted by molar-refractivity contribution is -0.0771. The Kier molecular flexibility index (Phi) is 6.32. The fourth-order valence-corrected chi connectivity index (χ4v) is 4.13. The molecule has 0 saturated carbocycles. The summed E-state index contributed by atoms with van der Waals surface area (Å²) in [4.78, 5) is 8.43. The number of hydrogen-bond acceptors (Lipinski definition) is 7. The van der Waals surface area contributed by atoms with Crippen LogP contribution in [-0.4, -0.2) is 44.4 Å². The van der Waals surface area contributed by atoms with Crippen LogP contribution in [0.1, 0.15) is 22.9 Å². The Hall–Kier alpha value is -3.30. The molecule has 1 saturated heterocycles. The molecule has 3 heterocycles. The predicted molar refractivity (Wildman–Crippen MR) is 122 cm³/mol. The normalized spacial score (nSPS) is 22.7. The van der Waals surface area contributed by atoms with Gasteiger partial charge in [0.2, 0.25) is 0 Å². The molecule has 1 aliphatic heterocycles. The van der Waals surface area contributed by atoms with Gasteiger partial charge in [0.05, 0.1) is 31.7 Å². The number of nitrogens with two attached hydrogens (primary N) is 1. The summed E-state index contributed by atoms with van der Waals surface area (Å²) in [5.74, 6) is 0.316. The van der Waals surface area contributed by atoms with Crippen molar-refractivity contribution in [3.8, 4) is 0 Å². The summed E-state index contributed by atoms with van der Waals surface area (Å²) >= 11 is 0. The van der Waals surface area contributed by atoms with Gasteiger partial charge in [-0.15, -0.1) is 0 Å². The first-order chi connectivity index (χ1) is 16.2. The zero-order valence-corrected chi connectivity index (χ0v) is 18.0. The molecule has 5 rings (SSSR count). The van der Waals surface area contributed by atoms with Crippen molar-refractivity contribution in [3.05, 3.63) is 96.1 Å². The highest BCUT2D eigenvalue weighted by Crippen LogP contribution is 2.36. The zero-order chi connectivity index (χ0) is 22.6. The number of anilines is 1. The maximum atomic E-state index is 11.2. The highest BCUT2D eigenvalue weighted by atomic mass is 16.6. The van der Waals surface area contributed by atoms with Crippen LogP contribution in [0.2, 0.25) is 0 Å². The van der Waals surface area contributed by atoms with E-state index in [2.05, 4.69) is 9.97 Å². The van der Waals surface area contributed by atoms with Crippen LogP contribution in [0.15, 0.2) is 79.3 Å². The van der Waals surface area contributed by atoms with E-state index >= 15 is 0 Å². The third kappa shape index (κ3) is 4.60. The molecule has 8 heteroatoms. The number of aliphatic hydroxyl groups excluding tert-OH is 1. The minimum Gasteiger partial charge on any atom is -0.387 e. The first kappa shape index (κ1) is 21.5. The molecule has 1 fully saturated rings. The van der Waals surface area contributed by atoms with E-state index in [1.54, 1.807) is 23.0 Å². The summed E-state index contributed by atoms with van der Waals surface area (Å²) in [5.41, 5.74) is 9.24. The summed E-state index contributed by atoms with van der Waals surface area (Å²) in [6.07, 6.45) is 2.42. The van der Waals surface area contributed by atoms with Crippen molar-refractivity contribution in [1.82, 2.24) is 14.4 Å². The van der Waals surface area contributed by atoms with Crippen LogP contribution in [0.3, 0.4) is 0 Å². The number of rotatable bonds is 8. The molecule has 0 spiro atoms. The van der Waals surface area contributed by atoms with Crippen molar-refractivity contribution < 1.29 is 19.3 Å². The first-order valence-electron chi connectivity index (χ1n) is 10.9. The molecule has 1 aliphatic rings. The number of hydrogen-bond donors (Lipinski definition) is 2. The maximum absolute atomic E-state index is 11.2. The third-order valence-electron chi connectivity index (χ3n) is 5.79. The average Bonchev–Trinajstić information content (AvgIpc) is 3.41. The van der Waals surface area contributed by atoms with Gasteiger partial charge in [0.15, 0.2) is 11.5 Å². The topological polar surface area (TPSA) is 104 Å². The van der Waals surface area contributed by atoms with Gasteiger partial charge < -0.3 is 25.1 Å². The Morgan fingerprint density at radius 2 is 1.67 bits per heavy atom. The number of aliphatic hydroxyl groups is 1. The van der Waals surface area contributed by atoms with Gasteiger partial charge in [0, 0.05) is 12.4 Å². The van der Waals surface area contributed by atoms with E-state index in [0.29, 0.717) is 30.4 Å². The van der Waals surface area contributed by atoms with Crippen molar-refractivity contribution in [2.45, 2.75) is 37.6 Å². The lowest BCUT2D eigenvalue weighted by atomic mass is 10.1. The van der Waals surface area contributed by atoms with Gasteiger partial charge >= 0.3 is 0 Å². The number of nitrogen functional groups attached to an aromatic ring is 1. The van der Waals surface area contributed by atoms with Crippen LogP contribution in [0, 0.1) is 0 Å². The number of benzene rings is 2. The van der Waals surface area contributed by atoms with Crippen molar-refractivity contribution in [3.63, 3.8) is 0 Å². The Morgan fingerprint density at radius 1 is 0.970 bits per heavy atom. The molecule has 2 aromatic carbocycles. The fourth-order valence-electron chi connectivity index (χ4n) is 4.13. The zero-order valence-electron chi connectivity index (χ0n) is 18.0. The highest BCUT2D eigenvalue weighted by Gasteiger charge is 2.46. The average molecular weight is 447 g/mol. The molecular formula is C25H26N4O4.